The van der Waals surface area contributed by atoms with Crippen LogP contribution < -0.4 is 5.73 Å². The normalized spacial score (nSPS) is 25.0. The molecule has 2 saturated heterocycles. The van der Waals surface area contributed by atoms with E-state index in [1.165, 1.54) is 19.4 Å². The van der Waals surface area contributed by atoms with Gasteiger partial charge in [-0.1, -0.05) is 6.42 Å². The number of nitrogens with zero attached hydrogens (tertiary/aromatic N) is 2. The standard InChI is InChI=1S/C13H25N3O/c14-7-3-1-2-6-13(17)16-10-9-15-8-4-5-12(15)11-16/h12H,1-11,14H2. The molecule has 0 aliphatic carbocycles. The Balaban J connectivity index is 1.69. The van der Waals surface area contributed by atoms with Crippen molar-refractivity contribution in [3.63, 3.8) is 0 Å². The van der Waals surface area contributed by atoms with Crippen molar-refractivity contribution in [2.45, 2.75) is 44.6 Å². The highest BCUT2D eigenvalue weighted by Crippen LogP contribution is 2.22. The first-order valence-corrected chi connectivity index (χ1v) is 7.03. The molecule has 1 unspecified atom stereocenters. The van der Waals surface area contributed by atoms with E-state index < -0.39 is 0 Å². The summed E-state index contributed by atoms with van der Waals surface area (Å²) in [6, 6.07) is 0.650. The van der Waals surface area contributed by atoms with Gasteiger partial charge in [0.1, 0.15) is 0 Å². The second-order valence-corrected chi connectivity index (χ2v) is 5.27. The fraction of sp³-hybridized carbons (Fsp3) is 0.923. The largest absolute Gasteiger partial charge is 0.340 e. The molecule has 0 spiro atoms. The zero-order chi connectivity index (χ0) is 12.1. The van der Waals surface area contributed by atoms with Gasteiger partial charge in [0.2, 0.25) is 5.91 Å². The topological polar surface area (TPSA) is 49.6 Å². The van der Waals surface area contributed by atoms with Crippen molar-refractivity contribution in [3.05, 3.63) is 0 Å². The van der Waals surface area contributed by atoms with Gasteiger partial charge in [0.15, 0.2) is 0 Å². The molecule has 0 bridgehead atoms. The summed E-state index contributed by atoms with van der Waals surface area (Å²) in [5, 5.41) is 0. The van der Waals surface area contributed by atoms with Crippen LogP contribution in [-0.2, 0) is 4.79 Å². The predicted molar refractivity (Wildman–Crippen MR) is 68.7 cm³/mol. The number of unbranched alkanes of at least 4 members (excludes halogenated alkanes) is 2. The fourth-order valence-electron chi connectivity index (χ4n) is 2.97. The van der Waals surface area contributed by atoms with Crippen molar-refractivity contribution in [3.8, 4) is 0 Å². The molecule has 0 aromatic heterocycles. The second kappa shape index (κ2) is 6.36. The average Bonchev–Trinajstić information content (AvgIpc) is 2.81. The van der Waals surface area contributed by atoms with Crippen LogP contribution in [0, 0.1) is 0 Å². The predicted octanol–water partition coefficient (Wildman–Crippen LogP) is 0.812. The monoisotopic (exact) mass is 239 g/mol. The van der Waals surface area contributed by atoms with Gasteiger partial charge in [-0.2, -0.15) is 0 Å². The van der Waals surface area contributed by atoms with Gasteiger partial charge in [-0.15, -0.1) is 0 Å². The number of carbonyl (C=O) groups is 1. The van der Waals surface area contributed by atoms with Crippen LogP contribution >= 0.6 is 0 Å². The highest BCUT2D eigenvalue weighted by atomic mass is 16.2. The van der Waals surface area contributed by atoms with Crippen LogP contribution in [0.4, 0.5) is 0 Å². The first kappa shape index (κ1) is 12.8. The Morgan fingerprint density at radius 2 is 2.06 bits per heavy atom. The molecule has 2 aliphatic rings. The zero-order valence-electron chi connectivity index (χ0n) is 10.7. The molecule has 17 heavy (non-hydrogen) atoms. The van der Waals surface area contributed by atoms with Gasteiger partial charge in [0.25, 0.3) is 0 Å². The molecule has 2 fully saturated rings. The molecule has 1 atom stereocenters. The molecule has 2 rings (SSSR count). The Bertz CT molecular complexity index is 257. The third-order valence-electron chi connectivity index (χ3n) is 4.03. The molecule has 4 nitrogen and oxygen atoms in total. The Morgan fingerprint density at radius 1 is 1.18 bits per heavy atom. The zero-order valence-corrected chi connectivity index (χ0v) is 10.7. The number of fused-ring (bicyclic) bond motifs is 1. The molecule has 1 amide bonds. The third kappa shape index (κ3) is 3.42. The number of amides is 1. The van der Waals surface area contributed by atoms with E-state index in [4.69, 9.17) is 5.73 Å². The minimum atomic E-state index is 0.355. The summed E-state index contributed by atoms with van der Waals surface area (Å²) >= 11 is 0. The molecule has 0 aromatic rings. The Labute approximate surface area is 104 Å². The van der Waals surface area contributed by atoms with E-state index in [2.05, 4.69) is 9.80 Å². The maximum Gasteiger partial charge on any atom is 0.222 e. The van der Waals surface area contributed by atoms with Crippen LogP contribution in [0.3, 0.4) is 0 Å². The van der Waals surface area contributed by atoms with Crippen LogP contribution in [-0.4, -0.2) is 54.5 Å². The molecule has 2 aliphatic heterocycles. The second-order valence-electron chi connectivity index (χ2n) is 5.27. The minimum Gasteiger partial charge on any atom is -0.340 e. The van der Waals surface area contributed by atoms with E-state index in [0.29, 0.717) is 18.4 Å². The molecule has 2 N–H and O–H groups in total. The molecular formula is C13H25N3O. The molecule has 0 aromatic carbocycles. The Morgan fingerprint density at radius 3 is 2.88 bits per heavy atom. The first-order chi connectivity index (χ1) is 8.31. The lowest BCUT2D eigenvalue weighted by Gasteiger charge is -2.37. The SMILES string of the molecule is NCCCCCC(=O)N1CCN2CCCC2C1. The lowest BCUT2D eigenvalue weighted by molar-refractivity contribution is -0.133. The van der Waals surface area contributed by atoms with Crippen molar-refractivity contribution in [1.29, 1.82) is 0 Å². The van der Waals surface area contributed by atoms with Crippen molar-refractivity contribution in [1.82, 2.24) is 9.80 Å². The molecule has 2 heterocycles. The van der Waals surface area contributed by atoms with E-state index in [9.17, 15) is 4.79 Å². The van der Waals surface area contributed by atoms with Crippen LogP contribution in [0.15, 0.2) is 0 Å². The summed E-state index contributed by atoms with van der Waals surface area (Å²) in [5.41, 5.74) is 5.45. The highest BCUT2D eigenvalue weighted by molar-refractivity contribution is 5.76. The fourth-order valence-corrected chi connectivity index (χ4v) is 2.97. The minimum absolute atomic E-state index is 0.355. The van der Waals surface area contributed by atoms with Gasteiger partial charge in [-0.3, -0.25) is 9.69 Å². The van der Waals surface area contributed by atoms with Gasteiger partial charge < -0.3 is 10.6 Å². The van der Waals surface area contributed by atoms with E-state index in [0.717, 1.165) is 45.4 Å². The first-order valence-electron chi connectivity index (χ1n) is 7.03. The van der Waals surface area contributed by atoms with Crippen LogP contribution in [0.1, 0.15) is 38.5 Å². The van der Waals surface area contributed by atoms with Crippen LogP contribution in [0.25, 0.3) is 0 Å². The summed E-state index contributed by atoms with van der Waals surface area (Å²) in [7, 11) is 0. The summed E-state index contributed by atoms with van der Waals surface area (Å²) in [6.07, 6.45) is 6.43. The number of hydrogen-bond acceptors (Lipinski definition) is 3. The summed E-state index contributed by atoms with van der Waals surface area (Å²) in [4.78, 5) is 16.6. The van der Waals surface area contributed by atoms with Crippen molar-refractivity contribution in [2.24, 2.45) is 5.73 Å². The van der Waals surface area contributed by atoms with E-state index >= 15 is 0 Å². The van der Waals surface area contributed by atoms with Gasteiger partial charge in [-0.25, -0.2) is 0 Å². The molecule has 98 valence electrons. The van der Waals surface area contributed by atoms with Crippen molar-refractivity contribution in [2.75, 3.05) is 32.7 Å². The molecule has 0 radical (unpaired) electrons. The summed E-state index contributed by atoms with van der Waals surface area (Å²) in [5.74, 6) is 0.355. The average molecular weight is 239 g/mol. The van der Waals surface area contributed by atoms with Crippen molar-refractivity contribution < 1.29 is 4.79 Å². The van der Waals surface area contributed by atoms with E-state index in [1.54, 1.807) is 0 Å². The Kier molecular flexibility index (Phi) is 4.80. The number of nitrogens with two attached hydrogens (primary N) is 1. The highest BCUT2D eigenvalue weighted by Gasteiger charge is 2.31. The Hall–Kier alpha value is -0.610. The van der Waals surface area contributed by atoms with E-state index in [-0.39, 0.29) is 0 Å². The van der Waals surface area contributed by atoms with Crippen molar-refractivity contribution >= 4 is 5.91 Å². The lowest BCUT2D eigenvalue weighted by atomic mass is 10.1. The number of rotatable bonds is 5. The lowest BCUT2D eigenvalue weighted by Crippen LogP contribution is -2.52. The quantitative estimate of drug-likeness (QED) is 0.722. The van der Waals surface area contributed by atoms with Gasteiger partial charge in [0, 0.05) is 32.1 Å². The molecule has 4 heteroatoms. The number of piperazine rings is 1. The van der Waals surface area contributed by atoms with Crippen LogP contribution in [0.2, 0.25) is 0 Å². The summed E-state index contributed by atoms with van der Waals surface area (Å²) in [6.45, 7) is 4.97. The maximum atomic E-state index is 12.0. The molecular weight excluding hydrogens is 214 g/mol. The van der Waals surface area contributed by atoms with E-state index in [1.807, 2.05) is 0 Å². The molecule has 0 saturated carbocycles. The number of carbonyl (C=O) groups excluding carboxylic acids is 1. The van der Waals surface area contributed by atoms with Gasteiger partial charge >= 0.3 is 0 Å². The van der Waals surface area contributed by atoms with Crippen LogP contribution in [0.5, 0.6) is 0 Å². The third-order valence-corrected chi connectivity index (χ3v) is 4.03. The van der Waals surface area contributed by atoms with Gasteiger partial charge in [-0.05, 0) is 38.8 Å². The summed E-state index contributed by atoms with van der Waals surface area (Å²) < 4.78 is 0. The maximum absolute atomic E-state index is 12.0. The van der Waals surface area contributed by atoms with Gasteiger partial charge in [0.05, 0.1) is 0 Å². The number of hydrogen-bond donors (Lipinski definition) is 1. The smallest absolute Gasteiger partial charge is 0.222 e.